The van der Waals surface area contributed by atoms with E-state index in [0.29, 0.717) is 6.54 Å². The molecule has 0 bridgehead atoms. The standard InChI is InChI=1S/C10H16F2N2/c1-14(2)8-7-13-10(12)5-3-9(11)4-6-10/h3-5,13H,6-8H2,1-2H3. The average molecular weight is 202 g/mol. The summed E-state index contributed by atoms with van der Waals surface area (Å²) in [6, 6.07) is 0. The summed E-state index contributed by atoms with van der Waals surface area (Å²) in [7, 11) is 3.84. The van der Waals surface area contributed by atoms with Crippen LogP contribution in [0.2, 0.25) is 0 Å². The van der Waals surface area contributed by atoms with E-state index in [-0.39, 0.29) is 12.2 Å². The van der Waals surface area contributed by atoms with Crippen LogP contribution < -0.4 is 5.32 Å². The Morgan fingerprint density at radius 2 is 2.29 bits per heavy atom. The van der Waals surface area contributed by atoms with Crippen molar-refractivity contribution >= 4 is 0 Å². The molecule has 0 aromatic heterocycles. The molecular formula is C10H16F2N2. The molecule has 1 aliphatic rings. The molecule has 80 valence electrons. The fourth-order valence-corrected chi connectivity index (χ4v) is 1.21. The second kappa shape index (κ2) is 4.66. The maximum Gasteiger partial charge on any atom is 0.184 e. The van der Waals surface area contributed by atoms with Crippen LogP contribution >= 0.6 is 0 Å². The summed E-state index contributed by atoms with van der Waals surface area (Å²) in [6.07, 6.45) is 3.70. The second-order valence-corrected chi connectivity index (χ2v) is 3.72. The van der Waals surface area contributed by atoms with Crippen molar-refractivity contribution in [2.24, 2.45) is 0 Å². The third-order valence-corrected chi connectivity index (χ3v) is 2.08. The lowest BCUT2D eigenvalue weighted by Crippen LogP contribution is -2.42. The fourth-order valence-electron chi connectivity index (χ4n) is 1.21. The summed E-state index contributed by atoms with van der Waals surface area (Å²) in [5, 5.41) is 2.74. The van der Waals surface area contributed by atoms with Gasteiger partial charge < -0.3 is 4.90 Å². The van der Waals surface area contributed by atoms with Crippen molar-refractivity contribution in [2.45, 2.75) is 12.2 Å². The lowest BCUT2D eigenvalue weighted by molar-refractivity contribution is 0.170. The summed E-state index contributed by atoms with van der Waals surface area (Å²) in [4.78, 5) is 1.96. The minimum absolute atomic E-state index is 0.0583. The molecule has 1 unspecified atom stereocenters. The molecule has 0 aromatic carbocycles. The molecule has 0 spiro atoms. The first-order chi connectivity index (χ1) is 6.52. The number of nitrogens with one attached hydrogen (secondary N) is 1. The summed E-state index contributed by atoms with van der Waals surface area (Å²) in [5.41, 5.74) is 0. The van der Waals surface area contributed by atoms with Gasteiger partial charge in [-0.05, 0) is 32.3 Å². The number of nitrogens with zero attached hydrogens (tertiary/aromatic N) is 1. The van der Waals surface area contributed by atoms with Crippen LogP contribution in [0.3, 0.4) is 0 Å². The van der Waals surface area contributed by atoms with Crippen LogP contribution in [0.5, 0.6) is 0 Å². The van der Waals surface area contributed by atoms with Crippen molar-refractivity contribution in [1.82, 2.24) is 10.2 Å². The van der Waals surface area contributed by atoms with E-state index in [1.807, 2.05) is 19.0 Å². The highest BCUT2D eigenvalue weighted by Crippen LogP contribution is 2.22. The van der Waals surface area contributed by atoms with E-state index >= 15 is 0 Å². The van der Waals surface area contributed by atoms with E-state index in [1.54, 1.807) is 0 Å². The van der Waals surface area contributed by atoms with Gasteiger partial charge in [0.1, 0.15) is 5.83 Å². The van der Waals surface area contributed by atoms with Gasteiger partial charge in [-0.2, -0.15) is 0 Å². The maximum atomic E-state index is 13.8. The minimum Gasteiger partial charge on any atom is -0.308 e. The molecule has 1 rings (SSSR count). The molecule has 0 saturated carbocycles. The van der Waals surface area contributed by atoms with E-state index in [9.17, 15) is 8.78 Å². The van der Waals surface area contributed by atoms with E-state index in [0.717, 1.165) is 12.6 Å². The number of alkyl halides is 1. The molecule has 2 nitrogen and oxygen atoms in total. The zero-order valence-corrected chi connectivity index (χ0v) is 8.56. The minimum atomic E-state index is -1.58. The van der Waals surface area contributed by atoms with Gasteiger partial charge in [-0.3, -0.25) is 5.32 Å². The quantitative estimate of drug-likeness (QED) is 0.697. The van der Waals surface area contributed by atoms with E-state index in [4.69, 9.17) is 0 Å². The molecule has 0 heterocycles. The van der Waals surface area contributed by atoms with Crippen molar-refractivity contribution in [3.63, 3.8) is 0 Å². The molecule has 4 heteroatoms. The number of likely N-dealkylation sites (N-methyl/N-ethyl adjacent to an activating group) is 1. The third kappa shape index (κ3) is 3.55. The second-order valence-electron chi connectivity index (χ2n) is 3.72. The first-order valence-corrected chi connectivity index (χ1v) is 4.65. The number of rotatable bonds is 4. The van der Waals surface area contributed by atoms with Crippen molar-refractivity contribution in [2.75, 3.05) is 27.2 Å². The molecule has 1 aliphatic carbocycles. The monoisotopic (exact) mass is 202 g/mol. The first kappa shape index (κ1) is 11.3. The molecule has 0 aliphatic heterocycles. The van der Waals surface area contributed by atoms with Crippen LogP contribution in [0.1, 0.15) is 6.42 Å². The van der Waals surface area contributed by atoms with Gasteiger partial charge in [0.05, 0.1) is 0 Å². The van der Waals surface area contributed by atoms with Crippen LogP contribution in [0.4, 0.5) is 8.78 Å². The Labute approximate surface area is 83.3 Å². The van der Waals surface area contributed by atoms with Crippen LogP contribution in [-0.4, -0.2) is 37.9 Å². The van der Waals surface area contributed by atoms with Gasteiger partial charge in [-0.25, -0.2) is 8.78 Å². The van der Waals surface area contributed by atoms with Gasteiger partial charge in [-0.1, -0.05) is 0 Å². The summed E-state index contributed by atoms with van der Waals surface area (Å²) < 4.78 is 26.3. The Morgan fingerprint density at radius 1 is 1.57 bits per heavy atom. The first-order valence-electron chi connectivity index (χ1n) is 4.65. The van der Waals surface area contributed by atoms with E-state index in [2.05, 4.69) is 5.32 Å². The molecule has 0 radical (unpaired) electrons. The van der Waals surface area contributed by atoms with Crippen LogP contribution in [0.25, 0.3) is 0 Å². The SMILES string of the molecule is CN(C)CCNC1(F)C=CC(F)=CC1. The zero-order valence-electron chi connectivity index (χ0n) is 8.56. The van der Waals surface area contributed by atoms with Gasteiger partial charge in [-0.15, -0.1) is 0 Å². The molecule has 1 atom stereocenters. The smallest absolute Gasteiger partial charge is 0.184 e. The Morgan fingerprint density at radius 3 is 2.79 bits per heavy atom. The molecule has 14 heavy (non-hydrogen) atoms. The van der Waals surface area contributed by atoms with Gasteiger partial charge in [0.25, 0.3) is 0 Å². The summed E-state index contributed by atoms with van der Waals surface area (Å²) >= 11 is 0. The number of hydrogen-bond donors (Lipinski definition) is 1. The predicted octanol–water partition coefficient (Wildman–Crippen LogP) is 1.62. The highest BCUT2D eigenvalue weighted by Gasteiger charge is 2.26. The molecule has 0 saturated heterocycles. The molecule has 0 amide bonds. The Balaban J connectivity index is 2.34. The molecule has 0 fully saturated rings. The van der Waals surface area contributed by atoms with Gasteiger partial charge in [0.15, 0.2) is 5.79 Å². The Bertz CT molecular complexity index is 249. The third-order valence-electron chi connectivity index (χ3n) is 2.08. The normalized spacial score (nSPS) is 26.8. The number of halogens is 2. The largest absolute Gasteiger partial charge is 0.308 e. The lowest BCUT2D eigenvalue weighted by atomic mass is 10.1. The van der Waals surface area contributed by atoms with E-state index < -0.39 is 5.79 Å². The number of allylic oxidation sites excluding steroid dienone is 2. The summed E-state index contributed by atoms with van der Waals surface area (Å²) in [6.45, 7) is 1.30. The topological polar surface area (TPSA) is 15.3 Å². The Hall–Kier alpha value is -0.740. The van der Waals surface area contributed by atoms with Gasteiger partial charge >= 0.3 is 0 Å². The highest BCUT2D eigenvalue weighted by molar-refractivity contribution is 5.22. The van der Waals surface area contributed by atoms with Crippen molar-refractivity contribution in [3.8, 4) is 0 Å². The maximum absolute atomic E-state index is 13.8. The van der Waals surface area contributed by atoms with Crippen LogP contribution in [0, 0.1) is 0 Å². The van der Waals surface area contributed by atoms with Crippen molar-refractivity contribution in [3.05, 3.63) is 24.1 Å². The van der Waals surface area contributed by atoms with E-state index in [1.165, 1.54) is 12.2 Å². The lowest BCUT2D eigenvalue weighted by Gasteiger charge is -2.24. The van der Waals surface area contributed by atoms with Crippen molar-refractivity contribution < 1.29 is 8.78 Å². The van der Waals surface area contributed by atoms with Crippen molar-refractivity contribution in [1.29, 1.82) is 0 Å². The van der Waals surface area contributed by atoms with Gasteiger partial charge in [0.2, 0.25) is 0 Å². The summed E-state index contributed by atoms with van der Waals surface area (Å²) in [5.74, 6) is -1.95. The van der Waals surface area contributed by atoms with Crippen LogP contribution in [-0.2, 0) is 0 Å². The fraction of sp³-hybridized carbons (Fsp3) is 0.600. The van der Waals surface area contributed by atoms with Crippen LogP contribution in [0.15, 0.2) is 24.1 Å². The molecule has 1 N–H and O–H groups in total. The molecule has 0 aromatic rings. The highest BCUT2D eigenvalue weighted by atomic mass is 19.1. The average Bonchev–Trinajstić information content (AvgIpc) is 2.10. The number of hydrogen-bond acceptors (Lipinski definition) is 2. The van der Waals surface area contributed by atoms with Gasteiger partial charge in [0, 0.05) is 19.5 Å². The predicted molar refractivity (Wildman–Crippen MR) is 53.3 cm³/mol. The molecular weight excluding hydrogens is 186 g/mol. The zero-order chi connectivity index (χ0) is 10.6. The Kier molecular flexibility index (Phi) is 3.77.